The van der Waals surface area contributed by atoms with E-state index in [1.165, 1.54) is 7.11 Å². The molecule has 0 aliphatic carbocycles. The Balaban J connectivity index is 2.66. The largest absolute Gasteiger partial charge is 0.468 e. The SMILES string of the molecule is COC(=O)C(C(C)C)N1CCN[C@@H](C)C1. The summed E-state index contributed by atoms with van der Waals surface area (Å²) in [6.07, 6.45) is 0. The lowest BCUT2D eigenvalue weighted by Crippen LogP contribution is -2.56. The lowest BCUT2D eigenvalue weighted by atomic mass is 10.0. The average Bonchev–Trinajstić information content (AvgIpc) is 2.17. The van der Waals surface area contributed by atoms with Gasteiger partial charge in [0.05, 0.1) is 7.11 Å². The fraction of sp³-hybridized carbons (Fsp3) is 0.909. The Morgan fingerprint density at radius 2 is 2.20 bits per heavy atom. The van der Waals surface area contributed by atoms with E-state index in [2.05, 4.69) is 31.0 Å². The first-order chi connectivity index (χ1) is 7.06. The van der Waals surface area contributed by atoms with Gasteiger partial charge in [0.25, 0.3) is 0 Å². The van der Waals surface area contributed by atoms with Crippen LogP contribution in [0.25, 0.3) is 0 Å². The summed E-state index contributed by atoms with van der Waals surface area (Å²) in [5.74, 6) is 0.182. The molecule has 0 aromatic rings. The number of carbonyl (C=O) groups excluding carboxylic acids is 1. The summed E-state index contributed by atoms with van der Waals surface area (Å²) >= 11 is 0. The van der Waals surface area contributed by atoms with Crippen molar-refractivity contribution in [3.05, 3.63) is 0 Å². The summed E-state index contributed by atoms with van der Waals surface area (Å²) in [5.41, 5.74) is 0. The topological polar surface area (TPSA) is 41.6 Å². The van der Waals surface area contributed by atoms with Crippen molar-refractivity contribution in [1.82, 2.24) is 10.2 Å². The summed E-state index contributed by atoms with van der Waals surface area (Å²) in [6, 6.07) is 0.351. The van der Waals surface area contributed by atoms with E-state index >= 15 is 0 Å². The van der Waals surface area contributed by atoms with E-state index < -0.39 is 0 Å². The van der Waals surface area contributed by atoms with E-state index in [0.29, 0.717) is 12.0 Å². The van der Waals surface area contributed by atoms with Crippen LogP contribution in [0.15, 0.2) is 0 Å². The van der Waals surface area contributed by atoms with E-state index in [1.54, 1.807) is 0 Å². The zero-order valence-electron chi connectivity index (χ0n) is 10.1. The lowest BCUT2D eigenvalue weighted by molar-refractivity contribution is -0.149. The molecular formula is C11H22N2O2. The maximum atomic E-state index is 11.7. The van der Waals surface area contributed by atoms with Gasteiger partial charge in [0, 0.05) is 25.7 Å². The summed E-state index contributed by atoms with van der Waals surface area (Å²) in [6.45, 7) is 9.05. The number of hydrogen-bond acceptors (Lipinski definition) is 4. The predicted octanol–water partition coefficient (Wildman–Crippen LogP) is 0.478. The third kappa shape index (κ3) is 3.18. The molecule has 0 aromatic carbocycles. The Bertz CT molecular complexity index is 219. The third-order valence-electron chi connectivity index (χ3n) is 2.87. The highest BCUT2D eigenvalue weighted by atomic mass is 16.5. The molecule has 1 saturated heterocycles. The van der Waals surface area contributed by atoms with E-state index in [1.807, 2.05) is 0 Å². The van der Waals surface area contributed by atoms with E-state index in [-0.39, 0.29) is 12.0 Å². The van der Waals surface area contributed by atoms with Gasteiger partial charge in [-0.15, -0.1) is 0 Å². The zero-order chi connectivity index (χ0) is 11.4. The maximum absolute atomic E-state index is 11.7. The van der Waals surface area contributed by atoms with Crippen LogP contribution < -0.4 is 5.32 Å². The number of nitrogens with zero attached hydrogens (tertiary/aromatic N) is 1. The molecule has 0 amide bonds. The number of methoxy groups -OCH3 is 1. The predicted molar refractivity (Wildman–Crippen MR) is 59.7 cm³/mol. The van der Waals surface area contributed by atoms with Gasteiger partial charge in [-0.25, -0.2) is 0 Å². The Morgan fingerprint density at radius 1 is 1.53 bits per heavy atom. The van der Waals surface area contributed by atoms with Crippen LogP contribution in [-0.4, -0.2) is 49.7 Å². The Labute approximate surface area is 92.0 Å². The van der Waals surface area contributed by atoms with Crippen LogP contribution in [0.1, 0.15) is 20.8 Å². The molecule has 2 atom stereocenters. The highest BCUT2D eigenvalue weighted by Crippen LogP contribution is 2.14. The smallest absolute Gasteiger partial charge is 0.323 e. The zero-order valence-corrected chi connectivity index (χ0v) is 10.1. The molecule has 4 heteroatoms. The maximum Gasteiger partial charge on any atom is 0.323 e. The van der Waals surface area contributed by atoms with Crippen molar-refractivity contribution < 1.29 is 9.53 Å². The monoisotopic (exact) mass is 214 g/mol. The van der Waals surface area contributed by atoms with Crippen molar-refractivity contribution in [2.75, 3.05) is 26.7 Å². The standard InChI is InChI=1S/C11H22N2O2/c1-8(2)10(11(14)15-4)13-6-5-12-9(3)7-13/h8-10,12H,5-7H2,1-4H3/t9-,10?/m0/s1. The van der Waals surface area contributed by atoms with E-state index in [4.69, 9.17) is 4.74 Å². The minimum atomic E-state index is -0.112. The summed E-state index contributed by atoms with van der Waals surface area (Å²) in [5, 5.41) is 3.37. The number of hydrogen-bond donors (Lipinski definition) is 1. The number of piperazine rings is 1. The van der Waals surface area contributed by atoms with E-state index in [9.17, 15) is 4.79 Å². The highest BCUT2D eigenvalue weighted by Gasteiger charge is 2.31. The van der Waals surface area contributed by atoms with Gasteiger partial charge in [0.15, 0.2) is 0 Å². The minimum Gasteiger partial charge on any atom is -0.468 e. The first kappa shape index (κ1) is 12.5. The van der Waals surface area contributed by atoms with Crippen LogP contribution in [0.2, 0.25) is 0 Å². The van der Waals surface area contributed by atoms with Gasteiger partial charge in [-0.05, 0) is 12.8 Å². The van der Waals surface area contributed by atoms with Crippen molar-refractivity contribution in [3.8, 4) is 0 Å². The summed E-state index contributed by atoms with van der Waals surface area (Å²) in [7, 11) is 1.46. The number of ether oxygens (including phenoxy) is 1. The first-order valence-electron chi connectivity index (χ1n) is 5.61. The number of esters is 1. The second-order valence-electron chi connectivity index (χ2n) is 4.56. The van der Waals surface area contributed by atoms with Gasteiger partial charge in [-0.2, -0.15) is 0 Å². The van der Waals surface area contributed by atoms with Crippen molar-refractivity contribution in [3.63, 3.8) is 0 Å². The fourth-order valence-electron chi connectivity index (χ4n) is 2.18. The molecule has 1 aliphatic rings. The molecule has 1 fully saturated rings. The molecule has 1 rings (SSSR count). The van der Waals surface area contributed by atoms with Crippen LogP contribution in [0.5, 0.6) is 0 Å². The van der Waals surface area contributed by atoms with Gasteiger partial charge in [0.1, 0.15) is 6.04 Å². The molecule has 15 heavy (non-hydrogen) atoms. The quantitative estimate of drug-likeness (QED) is 0.694. The molecule has 88 valence electrons. The number of rotatable bonds is 3. The average molecular weight is 214 g/mol. The number of nitrogens with one attached hydrogen (secondary N) is 1. The molecule has 4 nitrogen and oxygen atoms in total. The second-order valence-corrected chi connectivity index (χ2v) is 4.56. The van der Waals surface area contributed by atoms with Crippen LogP contribution in [-0.2, 0) is 9.53 Å². The first-order valence-corrected chi connectivity index (χ1v) is 5.61. The summed E-state index contributed by atoms with van der Waals surface area (Å²) < 4.78 is 4.86. The van der Waals surface area contributed by atoms with Crippen molar-refractivity contribution in [2.45, 2.75) is 32.9 Å². The van der Waals surface area contributed by atoms with Crippen LogP contribution >= 0.6 is 0 Å². The molecule has 1 N–H and O–H groups in total. The molecule has 0 saturated carbocycles. The fourth-order valence-corrected chi connectivity index (χ4v) is 2.18. The Morgan fingerprint density at radius 3 is 2.67 bits per heavy atom. The molecular weight excluding hydrogens is 192 g/mol. The van der Waals surface area contributed by atoms with Crippen LogP contribution in [0.4, 0.5) is 0 Å². The van der Waals surface area contributed by atoms with Crippen LogP contribution in [0, 0.1) is 5.92 Å². The third-order valence-corrected chi connectivity index (χ3v) is 2.87. The number of carbonyl (C=O) groups is 1. The second kappa shape index (κ2) is 5.47. The molecule has 1 heterocycles. The summed E-state index contributed by atoms with van der Waals surface area (Å²) in [4.78, 5) is 13.9. The minimum absolute atomic E-state index is 0.0976. The molecule has 1 aliphatic heterocycles. The normalized spacial score (nSPS) is 25.3. The van der Waals surface area contributed by atoms with Crippen molar-refractivity contribution in [2.24, 2.45) is 5.92 Å². The lowest BCUT2D eigenvalue weighted by Gasteiger charge is -2.38. The van der Waals surface area contributed by atoms with Gasteiger partial charge >= 0.3 is 5.97 Å². The molecule has 0 radical (unpaired) electrons. The highest BCUT2D eigenvalue weighted by molar-refractivity contribution is 5.76. The molecule has 1 unspecified atom stereocenters. The molecule has 0 spiro atoms. The molecule has 0 aromatic heterocycles. The Kier molecular flexibility index (Phi) is 4.54. The van der Waals surface area contributed by atoms with Crippen molar-refractivity contribution in [1.29, 1.82) is 0 Å². The van der Waals surface area contributed by atoms with Crippen molar-refractivity contribution >= 4 is 5.97 Å². The van der Waals surface area contributed by atoms with E-state index in [0.717, 1.165) is 19.6 Å². The van der Waals surface area contributed by atoms with Gasteiger partial charge < -0.3 is 10.1 Å². The Hall–Kier alpha value is -0.610. The van der Waals surface area contributed by atoms with Gasteiger partial charge in [-0.3, -0.25) is 9.69 Å². The van der Waals surface area contributed by atoms with Gasteiger partial charge in [-0.1, -0.05) is 13.8 Å². The van der Waals surface area contributed by atoms with Gasteiger partial charge in [0.2, 0.25) is 0 Å². The molecule has 0 bridgehead atoms. The van der Waals surface area contributed by atoms with Crippen LogP contribution in [0.3, 0.4) is 0 Å².